The summed E-state index contributed by atoms with van der Waals surface area (Å²) in [5.41, 5.74) is 3.31. The molecule has 0 bridgehead atoms. The first-order valence-electron chi connectivity index (χ1n) is 6.90. The van der Waals surface area contributed by atoms with E-state index in [2.05, 4.69) is 10.4 Å². The van der Waals surface area contributed by atoms with Gasteiger partial charge in [0, 0.05) is 28.0 Å². The lowest BCUT2D eigenvalue weighted by Crippen LogP contribution is -2.44. The number of pyridine rings is 1. The molecule has 25 heavy (non-hydrogen) atoms. The lowest BCUT2D eigenvalue weighted by atomic mass is 10.2. The SMILES string of the molecule is O=C(NN1C(=O)/C(=C\c2c(Cl)cccc2Cl)SC1=S)c1cccnc1. The van der Waals surface area contributed by atoms with Crippen molar-refractivity contribution in [3.63, 3.8) is 0 Å². The van der Waals surface area contributed by atoms with Crippen LogP contribution in [-0.2, 0) is 4.79 Å². The van der Waals surface area contributed by atoms with Gasteiger partial charge in [0.05, 0.1) is 10.5 Å². The predicted molar refractivity (Wildman–Crippen MR) is 103 cm³/mol. The highest BCUT2D eigenvalue weighted by atomic mass is 35.5. The van der Waals surface area contributed by atoms with E-state index in [0.717, 1.165) is 16.8 Å². The van der Waals surface area contributed by atoms with Crippen molar-refractivity contribution in [1.29, 1.82) is 0 Å². The summed E-state index contributed by atoms with van der Waals surface area (Å²) in [7, 11) is 0. The largest absolute Gasteiger partial charge is 0.285 e. The summed E-state index contributed by atoms with van der Waals surface area (Å²) in [6, 6.07) is 8.26. The van der Waals surface area contributed by atoms with Crippen LogP contribution in [0.4, 0.5) is 0 Å². The molecule has 1 saturated heterocycles. The van der Waals surface area contributed by atoms with Gasteiger partial charge in [-0.15, -0.1) is 0 Å². The number of nitrogens with one attached hydrogen (secondary N) is 1. The molecule has 3 rings (SSSR count). The highest BCUT2D eigenvalue weighted by Crippen LogP contribution is 2.35. The summed E-state index contributed by atoms with van der Waals surface area (Å²) < 4.78 is 0.205. The fourth-order valence-electron chi connectivity index (χ4n) is 2.01. The van der Waals surface area contributed by atoms with E-state index in [4.69, 9.17) is 35.4 Å². The molecule has 0 spiro atoms. The number of hydrogen-bond acceptors (Lipinski definition) is 5. The van der Waals surface area contributed by atoms with Crippen LogP contribution in [0.5, 0.6) is 0 Å². The van der Waals surface area contributed by atoms with Crippen molar-refractivity contribution in [3.05, 3.63) is 68.8 Å². The Bertz CT molecular complexity index is 883. The lowest BCUT2D eigenvalue weighted by Gasteiger charge is -2.15. The normalized spacial score (nSPS) is 15.8. The Morgan fingerprint density at radius 1 is 1.24 bits per heavy atom. The lowest BCUT2D eigenvalue weighted by molar-refractivity contribution is -0.123. The molecule has 1 aromatic heterocycles. The first kappa shape index (κ1) is 17.9. The number of halogens is 2. The Labute approximate surface area is 163 Å². The van der Waals surface area contributed by atoms with E-state index in [9.17, 15) is 9.59 Å². The molecule has 0 radical (unpaired) electrons. The van der Waals surface area contributed by atoms with Crippen molar-refractivity contribution in [2.24, 2.45) is 0 Å². The molecule has 0 atom stereocenters. The van der Waals surface area contributed by atoms with E-state index in [0.29, 0.717) is 26.1 Å². The topological polar surface area (TPSA) is 62.3 Å². The van der Waals surface area contributed by atoms with E-state index in [1.165, 1.54) is 6.20 Å². The highest BCUT2D eigenvalue weighted by molar-refractivity contribution is 8.26. The number of aromatic nitrogens is 1. The molecule has 0 aliphatic carbocycles. The zero-order valence-electron chi connectivity index (χ0n) is 12.4. The van der Waals surface area contributed by atoms with E-state index >= 15 is 0 Å². The quantitative estimate of drug-likeness (QED) is 0.614. The molecule has 9 heteroatoms. The van der Waals surface area contributed by atoms with Gasteiger partial charge in [0.15, 0.2) is 4.32 Å². The van der Waals surface area contributed by atoms with Crippen molar-refractivity contribution >= 4 is 69.4 Å². The standard InChI is InChI=1S/C16H9Cl2N3O2S2/c17-11-4-1-5-12(18)10(11)7-13-15(23)21(16(24)25-13)20-14(22)9-3-2-6-19-8-9/h1-8H,(H,20,22)/b13-7+. The second-order valence-corrected chi connectivity index (χ2v) is 7.33. The average Bonchev–Trinajstić information content (AvgIpc) is 2.86. The van der Waals surface area contributed by atoms with Crippen LogP contribution in [0.1, 0.15) is 15.9 Å². The molecular weight excluding hydrogens is 401 g/mol. The molecule has 2 aromatic rings. The summed E-state index contributed by atoms with van der Waals surface area (Å²) in [4.78, 5) is 28.9. The number of thiocarbonyl (C=S) groups is 1. The van der Waals surface area contributed by atoms with Crippen LogP contribution >= 0.6 is 47.2 Å². The van der Waals surface area contributed by atoms with Gasteiger partial charge >= 0.3 is 0 Å². The fourth-order valence-corrected chi connectivity index (χ4v) is 3.67. The third-order valence-corrected chi connectivity index (χ3v) is 5.17. The van der Waals surface area contributed by atoms with Crippen molar-refractivity contribution in [2.75, 3.05) is 0 Å². The maximum absolute atomic E-state index is 12.5. The Balaban J connectivity index is 1.83. The Hall–Kier alpha value is -1.93. The maximum atomic E-state index is 12.5. The number of nitrogens with zero attached hydrogens (tertiary/aromatic N) is 2. The van der Waals surface area contributed by atoms with Gasteiger partial charge in [-0.2, -0.15) is 5.01 Å². The molecule has 1 aliphatic rings. The van der Waals surface area contributed by atoms with E-state index in [1.807, 2.05) is 0 Å². The summed E-state index contributed by atoms with van der Waals surface area (Å²) in [6.07, 6.45) is 4.50. The molecule has 1 N–H and O–H groups in total. The van der Waals surface area contributed by atoms with Gasteiger partial charge in [0.1, 0.15) is 0 Å². The van der Waals surface area contributed by atoms with Gasteiger partial charge < -0.3 is 0 Å². The number of hydrogen-bond donors (Lipinski definition) is 1. The molecular formula is C16H9Cl2N3O2S2. The molecule has 0 unspecified atom stereocenters. The number of benzene rings is 1. The third kappa shape index (κ3) is 3.85. The number of carbonyl (C=O) groups is 2. The summed E-state index contributed by atoms with van der Waals surface area (Å²) in [6.45, 7) is 0. The van der Waals surface area contributed by atoms with Gasteiger partial charge in [-0.3, -0.25) is 20.0 Å². The molecule has 2 heterocycles. The minimum atomic E-state index is -0.485. The van der Waals surface area contributed by atoms with Crippen LogP contribution in [-0.4, -0.2) is 26.1 Å². The molecule has 1 aromatic carbocycles. The molecule has 5 nitrogen and oxygen atoms in total. The number of thioether (sulfide) groups is 1. The number of amides is 2. The first-order chi connectivity index (χ1) is 12.0. The average molecular weight is 410 g/mol. The molecule has 1 fully saturated rings. The minimum absolute atomic E-state index is 0.205. The predicted octanol–water partition coefficient (Wildman–Crippen LogP) is 3.93. The zero-order valence-corrected chi connectivity index (χ0v) is 15.5. The van der Waals surface area contributed by atoms with Crippen LogP contribution in [0.2, 0.25) is 10.0 Å². The Morgan fingerprint density at radius 2 is 1.96 bits per heavy atom. The van der Waals surface area contributed by atoms with Gasteiger partial charge in [-0.25, -0.2) is 0 Å². The second kappa shape index (κ2) is 7.53. The highest BCUT2D eigenvalue weighted by Gasteiger charge is 2.34. The van der Waals surface area contributed by atoms with Gasteiger partial charge in [-0.05, 0) is 42.6 Å². The van der Waals surface area contributed by atoms with Crippen LogP contribution in [0.25, 0.3) is 6.08 Å². The molecule has 126 valence electrons. The van der Waals surface area contributed by atoms with E-state index in [-0.39, 0.29) is 4.32 Å². The van der Waals surface area contributed by atoms with Crippen LogP contribution < -0.4 is 5.43 Å². The monoisotopic (exact) mass is 409 g/mol. The van der Waals surface area contributed by atoms with E-state index < -0.39 is 11.8 Å². The number of carbonyl (C=O) groups excluding carboxylic acids is 2. The van der Waals surface area contributed by atoms with Gasteiger partial charge in [0.2, 0.25) is 0 Å². The summed E-state index contributed by atoms with van der Waals surface area (Å²) in [5, 5.41) is 1.85. The van der Waals surface area contributed by atoms with Gasteiger partial charge in [0.25, 0.3) is 11.8 Å². The molecule has 0 saturated carbocycles. The third-order valence-electron chi connectivity index (χ3n) is 3.21. The van der Waals surface area contributed by atoms with E-state index in [1.54, 1.807) is 42.6 Å². The number of rotatable bonds is 3. The van der Waals surface area contributed by atoms with Crippen LogP contribution in [0, 0.1) is 0 Å². The Kier molecular flexibility index (Phi) is 5.39. The maximum Gasteiger partial charge on any atom is 0.285 e. The Morgan fingerprint density at radius 3 is 2.60 bits per heavy atom. The first-order valence-corrected chi connectivity index (χ1v) is 8.88. The van der Waals surface area contributed by atoms with Crippen molar-refractivity contribution in [1.82, 2.24) is 15.4 Å². The zero-order chi connectivity index (χ0) is 18.0. The molecule has 2 amide bonds. The smallest absolute Gasteiger partial charge is 0.267 e. The number of hydrazine groups is 1. The van der Waals surface area contributed by atoms with Crippen LogP contribution in [0.3, 0.4) is 0 Å². The second-order valence-electron chi connectivity index (χ2n) is 4.84. The minimum Gasteiger partial charge on any atom is -0.267 e. The molecule has 1 aliphatic heterocycles. The van der Waals surface area contributed by atoms with Crippen LogP contribution in [0.15, 0.2) is 47.6 Å². The fraction of sp³-hybridized carbons (Fsp3) is 0. The summed E-state index contributed by atoms with van der Waals surface area (Å²) in [5.74, 6) is -0.940. The summed E-state index contributed by atoms with van der Waals surface area (Å²) >= 11 is 18.5. The van der Waals surface area contributed by atoms with Crippen molar-refractivity contribution < 1.29 is 9.59 Å². The van der Waals surface area contributed by atoms with Crippen molar-refractivity contribution in [2.45, 2.75) is 0 Å². The van der Waals surface area contributed by atoms with Gasteiger partial charge in [-0.1, -0.05) is 41.0 Å². The van der Waals surface area contributed by atoms with Crippen molar-refractivity contribution in [3.8, 4) is 0 Å².